The molecule has 2 atom stereocenters. The van der Waals surface area contributed by atoms with Gasteiger partial charge in [-0.05, 0) is 50.1 Å². The van der Waals surface area contributed by atoms with Gasteiger partial charge in [-0.1, -0.05) is 11.6 Å². The number of nitrogens with zero attached hydrogens (tertiary/aromatic N) is 6. The molecule has 0 radical (unpaired) electrons. The number of fused-ring (bicyclic) bond motifs is 1. The van der Waals surface area contributed by atoms with E-state index in [2.05, 4.69) is 14.8 Å². The van der Waals surface area contributed by atoms with Gasteiger partial charge in [0.1, 0.15) is 11.9 Å². The number of carbonyl (C=O) groups is 1. The third-order valence-electron chi connectivity index (χ3n) is 7.24. The van der Waals surface area contributed by atoms with Crippen LogP contribution in [0.5, 0.6) is 0 Å². The Kier molecular flexibility index (Phi) is 8.35. The molecule has 0 saturated carbocycles. The van der Waals surface area contributed by atoms with E-state index >= 15 is 0 Å². The molecule has 202 valence electrons. The molecule has 0 aliphatic carbocycles. The van der Waals surface area contributed by atoms with Crippen molar-refractivity contribution in [1.29, 1.82) is 5.26 Å². The molecule has 38 heavy (non-hydrogen) atoms. The van der Waals surface area contributed by atoms with Crippen LogP contribution < -0.4 is 9.80 Å². The average molecular weight is 563 g/mol. The molecular formula is C24H27ClN6O6S. The van der Waals surface area contributed by atoms with Gasteiger partial charge >= 0.3 is 5.69 Å². The fourth-order valence-electron chi connectivity index (χ4n) is 5.36. The van der Waals surface area contributed by atoms with Crippen molar-refractivity contribution in [2.75, 3.05) is 49.1 Å². The lowest BCUT2D eigenvalue weighted by Crippen LogP contribution is -2.50. The van der Waals surface area contributed by atoms with E-state index in [0.29, 0.717) is 24.8 Å². The van der Waals surface area contributed by atoms with Crippen LogP contribution in [0.25, 0.3) is 0 Å². The number of sulfone groups is 1. The number of aromatic nitrogens is 1. The fourth-order valence-corrected chi connectivity index (χ4v) is 7.60. The fraction of sp³-hybridized carbons (Fsp3) is 0.458. The highest BCUT2D eigenvalue weighted by molar-refractivity contribution is 7.92. The topological polar surface area (TPSA) is 161 Å². The van der Waals surface area contributed by atoms with Crippen LogP contribution in [0.4, 0.5) is 17.2 Å². The Labute approximate surface area is 225 Å². The highest BCUT2D eigenvalue weighted by Crippen LogP contribution is 2.34. The van der Waals surface area contributed by atoms with E-state index in [4.69, 9.17) is 21.5 Å². The van der Waals surface area contributed by atoms with Crippen LogP contribution in [0.1, 0.15) is 25.0 Å². The van der Waals surface area contributed by atoms with Gasteiger partial charge in [-0.2, -0.15) is 5.26 Å². The minimum absolute atomic E-state index is 0.114. The van der Waals surface area contributed by atoms with E-state index in [-0.39, 0.29) is 34.3 Å². The lowest BCUT2D eigenvalue weighted by Gasteiger charge is -2.39. The highest BCUT2D eigenvalue weighted by atomic mass is 35.5. The zero-order valence-corrected chi connectivity index (χ0v) is 22.0. The number of halogens is 1. The largest absolute Gasteiger partial charge is 0.483 e. The van der Waals surface area contributed by atoms with E-state index in [1.54, 1.807) is 23.1 Å². The van der Waals surface area contributed by atoms with Crippen LogP contribution >= 0.6 is 11.6 Å². The number of piperazine rings is 1. The molecule has 0 unspecified atom stereocenters. The minimum Gasteiger partial charge on any atom is -0.483 e. The Morgan fingerprint density at radius 1 is 1.13 bits per heavy atom. The maximum absolute atomic E-state index is 13.4. The third-order valence-corrected chi connectivity index (χ3v) is 9.90. The van der Waals surface area contributed by atoms with Gasteiger partial charge in [-0.25, -0.2) is 13.4 Å². The molecule has 1 aromatic carbocycles. The summed E-state index contributed by atoms with van der Waals surface area (Å²) in [6, 6.07) is 10.2. The summed E-state index contributed by atoms with van der Waals surface area (Å²) >= 11 is 6.52. The minimum atomic E-state index is -3.71. The van der Waals surface area contributed by atoms with Crippen molar-refractivity contribution in [3.05, 3.63) is 51.2 Å². The smallest absolute Gasteiger partial charge is 0.305 e. The molecule has 0 spiro atoms. The number of hydrogen-bond donors (Lipinski definition) is 1. The molecule has 0 bridgehead atoms. The Hall–Kier alpha value is -3.47. The summed E-state index contributed by atoms with van der Waals surface area (Å²) < 4.78 is 26.9. The number of rotatable bonds is 5. The Morgan fingerprint density at radius 3 is 2.58 bits per heavy atom. The van der Waals surface area contributed by atoms with Gasteiger partial charge in [0.05, 0.1) is 20.1 Å². The first kappa shape index (κ1) is 27.6. The number of carboxylic acid groups (broad SMARTS) is 1. The van der Waals surface area contributed by atoms with E-state index in [9.17, 15) is 23.8 Å². The second-order valence-electron chi connectivity index (χ2n) is 9.31. The zero-order valence-electron chi connectivity index (χ0n) is 20.4. The van der Waals surface area contributed by atoms with E-state index in [1.165, 1.54) is 25.0 Å². The number of nitro groups is 1. The van der Waals surface area contributed by atoms with Crippen LogP contribution in [0, 0.1) is 21.4 Å². The van der Waals surface area contributed by atoms with Crippen molar-refractivity contribution in [3.63, 3.8) is 0 Å². The molecule has 3 fully saturated rings. The summed E-state index contributed by atoms with van der Waals surface area (Å²) in [4.78, 5) is 29.5. The van der Waals surface area contributed by atoms with Crippen molar-refractivity contribution >= 4 is 45.1 Å². The van der Waals surface area contributed by atoms with E-state index in [1.807, 2.05) is 6.07 Å². The van der Waals surface area contributed by atoms with Crippen LogP contribution in [0.3, 0.4) is 0 Å². The molecule has 3 aliphatic rings. The van der Waals surface area contributed by atoms with Crippen molar-refractivity contribution in [2.45, 2.75) is 35.4 Å². The normalized spacial score (nSPS) is 21.3. The molecule has 0 amide bonds. The van der Waals surface area contributed by atoms with Gasteiger partial charge in [0.2, 0.25) is 5.69 Å². The van der Waals surface area contributed by atoms with Crippen LogP contribution in [0.15, 0.2) is 35.2 Å². The number of benzene rings is 1. The molecule has 2 aromatic rings. The Morgan fingerprint density at radius 2 is 1.89 bits per heavy atom. The van der Waals surface area contributed by atoms with Gasteiger partial charge in [0.15, 0.2) is 9.84 Å². The summed E-state index contributed by atoms with van der Waals surface area (Å²) in [5, 5.41) is 26.7. The molecule has 4 heterocycles. The quantitative estimate of drug-likeness (QED) is 0.324. The van der Waals surface area contributed by atoms with Crippen LogP contribution in [-0.4, -0.2) is 85.4 Å². The first-order valence-corrected chi connectivity index (χ1v) is 14.0. The summed E-state index contributed by atoms with van der Waals surface area (Å²) in [5.41, 5.74) is 0.268. The van der Waals surface area contributed by atoms with Gasteiger partial charge in [-0.3, -0.25) is 19.8 Å². The summed E-state index contributed by atoms with van der Waals surface area (Å²) in [7, 11) is -3.71. The highest BCUT2D eigenvalue weighted by Gasteiger charge is 2.37. The van der Waals surface area contributed by atoms with E-state index < -0.39 is 20.0 Å². The predicted octanol–water partition coefficient (Wildman–Crippen LogP) is 2.55. The second-order valence-corrected chi connectivity index (χ2v) is 11.9. The lowest BCUT2D eigenvalue weighted by atomic mass is 10.1. The van der Waals surface area contributed by atoms with Crippen molar-refractivity contribution in [1.82, 2.24) is 9.88 Å². The summed E-state index contributed by atoms with van der Waals surface area (Å²) in [6.45, 7) is 4.30. The number of pyridine rings is 1. The maximum atomic E-state index is 13.4. The lowest BCUT2D eigenvalue weighted by molar-refractivity contribution is -0.385. The van der Waals surface area contributed by atoms with Crippen LogP contribution in [-0.2, 0) is 14.6 Å². The Balaban J connectivity index is 0.00000107. The second kappa shape index (κ2) is 11.5. The van der Waals surface area contributed by atoms with Gasteiger partial charge < -0.3 is 14.9 Å². The average Bonchev–Trinajstić information content (AvgIpc) is 3.58. The molecule has 12 nitrogen and oxygen atoms in total. The SMILES string of the molecule is N#Cc1nc(N2CC[C@H](S(=O)(=O)c3ccc(N4CCN5CCC[C@H]5C4)cc3Cl)C2)ccc1[N+](=O)[O-].O=CO. The maximum Gasteiger partial charge on any atom is 0.305 e. The zero-order chi connectivity index (χ0) is 27.4. The Bertz CT molecular complexity index is 1370. The predicted molar refractivity (Wildman–Crippen MR) is 140 cm³/mol. The summed E-state index contributed by atoms with van der Waals surface area (Å²) in [6.07, 6.45) is 2.78. The van der Waals surface area contributed by atoms with E-state index in [0.717, 1.165) is 31.9 Å². The van der Waals surface area contributed by atoms with Crippen LogP contribution in [0.2, 0.25) is 5.02 Å². The molecule has 1 N–H and O–H groups in total. The summed E-state index contributed by atoms with van der Waals surface area (Å²) in [5.74, 6) is 0.345. The molecule has 3 aliphatic heterocycles. The number of anilines is 2. The first-order valence-electron chi connectivity index (χ1n) is 12.1. The van der Waals surface area contributed by atoms with Gasteiger partial charge in [-0.15, -0.1) is 0 Å². The molecule has 14 heteroatoms. The van der Waals surface area contributed by atoms with Crippen molar-refractivity contribution < 1.29 is 23.2 Å². The molecule has 3 saturated heterocycles. The number of nitriles is 1. The van der Waals surface area contributed by atoms with Crippen molar-refractivity contribution in [2.24, 2.45) is 0 Å². The molecule has 5 rings (SSSR count). The standard InChI is InChI=1S/C23H25ClN6O4S.CH2O2/c24-19-12-16(28-11-10-27-8-1-2-17(27)14-28)3-5-22(19)35(33,34)18-7-9-29(15-18)23-6-4-21(30(31)32)20(13-25)26-23;2-1-3/h3-6,12,17-18H,1-2,7-11,14-15H2;1H,(H,2,3)/t17-,18-;/m0./s1. The monoisotopic (exact) mass is 562 g/mol. The number of hydrogen-bond acceptors (Lipinski definition) is 10. The van der Waals surface area contributed by atoms with Gasteiger partial charge in [0, 0.05) is 50.5 Å². The van der Waals surface area contributed by atoms with Gasteiger partial charge in [0.25, 0.3) is 6.47 Å². The molecular weight excluding hydrogens is 536 g/mol. The van der Waals surface area contributed by atoms with Crippen molar-refractivity contribution in [3.8, 4) is 6.07 Å². The molecule has 1 aromatic heterocycles. The first-order chi connectivity index (χ1) is 18.2. The third kappa shape index (κ3) is 5.52.